The number of halogens is 1. The summed E-state index contributed by atoms with van der Waals surface area (Å²) in [5, 5.41) is 3.71. The van der Waals surface area contributed by atoms with E-state index < -0.39 is 5.41 Å². The maximum Gasteiger partial charge on any atom is 0.337 e. The number of benzene rings is 2. The van der Waals surface area contributed by atoms with Crippen LogP contribution in [-0.2, 0) is 21.4 Å². The number of ether oxygens (including phenoxy) is 1. The van der Waals surface area contributed by atoms with E-state index in [2.05, 4.69) is 5.32 Å². The number of carbonyl (C=O) groups excluding carboxylic acids is 2. The number of amides is 1. The highest BCUT2D eigenvalue weighted by Gasteiger charge is 2.34. The first-order chi connectivity index (χ1) is 12.3. The van der Waals surface area contributed by atoms with Crippen LogP contribution in [0.4, 0.5) is 0 Å². The van der Waals surface area contributed by atoms with Crippen molar-refractivity contribution in [2.75, 3.05) is 7.11 Å². The number of esters is 1. The zero-order valence-electron chi connectivity index (χ0n) is 15.1. The third-order valence-electron chi connectivity index (χ3n) is 5.06. The second kappa shape index (κ2) is 7.12. The first kappa shape index (κ1) is 18.5. The van der Waals surface area contributed by atoms with Gasteiger partial charge in [0.15, 0.2) is 0 Å². The topological polar surface area (TPSA) is 55.4 Å². The molecule has 5 heteroatoms. The Balaban J connectivity index is 1.84. The average molecular weight is 372 g/mol. The van der Waals surface area contributed by atoms with E-state index in [0.29, 0.717) is 10.6 Å². The minimum atomic E-state index is -0.763. The molecule has 0 heterocycles. The molecule has 1 aliphatic carbocycles. The van der Waals surface area contributed by atoms with Crippen molar-refractivity contribution in [3.8, 4) is 0 Å². The van der Waals surface area contributed by atoms with Crippen LogP contribution in [0.3, 0.4) is 0 Å². The Bertz CT molecular complexity index is 860. The summed E-state index contributed by atoms with van der Waals surface area (Å²) < 4.78 is 4.80. The molecule has 1 amide bonds. The van der Waals surface area contributed by atoms with Crippen LogP contribution in [0.5, 0.6) is 0 Å². The number of hydrogen-bond acceptors (Lipinski definition) is 3. The zero-order valence-corrected chi connectivity index (χ0v) is 15.9. The molecule has 4 nitrogen and oxygen atoms in total. The predicted octanol–water partition coefficient (Wildman–Crippen LogP) is 4.21. The monoisotopic (exact) mass is 371 g/mol. The van der Waals surface area contributed by atoms with Crippen molar-refractivity contribution in [3.63, 3.8) is 0 Å². The van der Waals surface area contributed by atoms with Crippen LogP contribution in [0.25, 0.3) is 0 Å². The van der Waals surface area contributed by atoms with Crippen molar-refractivity contribution in [1.82, 2.24) is 5.32 Å². The van der Waals surface area contributed by atoms with Gasteiger partial charge in [-0.2, -0.15) is 0 Å². The molecule has 0 aromatic heterocycles. The van der Waals surface area contributed by atoms with Crippen LogP contribution in [0.15, 0.2) is 42.5 Å². The standard InChI is InChI=1S/C21H22ClNO3/c1-21(2,16-6-4-5-7-17(16)22)20(25)23-18-11-10-13-8-9-14(12-15(13)18)19(24)26-3/h4-9,12,18H,10-11H2,1-3H3,(H,23,25). The second-order valence-electron chi connectivity index (χ2n) is 7.07. The van der Waals surface area contributed by atoms with Gasteiger partial charge in [0.2, 0.25) is 5.91 Å². The highest BCUT2D eigenvalue weighted by Crippen LogP contribution is 2.35. The summed E-state index contributed by atoms with van der Waals surface area (Å²) in [6.07, 6.45) is 1.68. The van der Waals surface area contributed by atoms with E-state index in [9.17, 15) is 9.59 Å². The fourth-order valence-electron chi connectivity index (χ4n) is 3.43. The molecule has 0 saturated heterocycles. The Labute approximate surface area is 158 Å². The molecular weight excluding hydrogens is 350 g/mol. The van der Waals surface area contributed by atoms with Crippen molar-refractivity contribution >= 4 is 23.5 Å². The summed E-state index contributed by atoms with van der Waals surface area (Å²) in [6, 6.07) is 12.8. The molecule has 0 fully saturated rings. The largest absolute Gasteiger partial charge is 0.465 e. The number of nitrogens with one attached hydrogen (secondary N) is 1. The second-order valence-corrected chi connectivity index (χ2v) is 7.48. The minimum absolute atomic E-state index is 0.0908. The number of fused-ring (bicyclic) bond motifs is 1. The maximum atomic E-state index is 13.0. The molecule has 0 aliphatic heterocycles. The normalized spacial score (nSPS) is 16.1. The van der Waals surface area contributed by atoms with Crippen LogP contribution in [-0.4, -0.2) is 19.0 Å². The summed E-state index contributed by atoms with van der Waals surface area (Å²) in [4.78, 5) is 24.8. The van der Waals surface area contributed by atoms with Gasteiger partial charge in [-0.05, 0) is 61.6 Å². The average Bonchev–Trinajstić information content (AvgIpc) is 3.03. The van der Waals surface area contributed by atoms with E-state index in [1.165, 1.54) is 7.11 Å². The summed E-state index contributed by atoms with van der Waals surface area (Å²) in [6.45, 7) is 3.73. The molecule has 1 atom stereocenters. The number of aryl methyl sites for hydroxylation is 1. The fourth-order valence-corrected chi connectivity index (χ4v) is 3.80. The Morgan fingerprint density at radius 3 is 2.62 bits per heavy atom. The maximum absolute atomic E-state index is 13.0. The SMILES string of the molecule is COC(=O)c1ccc2c(c1)C(NC(=O)C(C)(C)c1ccccc1Cl)CC2. The third-order valence-corrected chi connectivity index (χ3v) is 5.39. The molecule has 1 N–H and O–H groups in total. The van der Waals surface area contributed by atoms with Crippen molar-refractivity contribution in [3.05, 3.63) is 69.7 Å². The lowest BCUT2D eigenvalue weighted by atomic mass is 9.83. The Hall–Kier alpha value is -2.33. The highest BCUT2D eigenvalue weighted by atomic mass is 35.5. The molecule has 0 saturated carbocycles. The van der Waals surface area contributed by atoms with E-state index in [1.54, 1.807) is 12.1 Å². The van der Waals surface area contributed by atoms with Gasteiger partial charge < -0.3 is 10.1 Å². The Morgan fingerprint density at radius 1 is 1.19 bits per heavy atom. The highest BCUT2D eigenvalue weighted by molar-refractivity contribution is 6.31. The molecule has 0 spiro atoms. The van der Waals surface area contributed by atoms with Crippen molar-refractivity contribution in [1.29, 1.82) is 0 Å². The smallest absolute Gasteiger partial charge is 0.337 e. The van der Waals surface area contributed by atoms with Crippen molar-refractivity contribution < 1.29 is 14.3 Å². The summed E-state index contributed by atoms with van der Waals surface area (Å²) >= 11 is 6.29. The van der Waals surface area contributed by atoms with Crippen LogP contribution in [0.1, 0.15) is 53.4 Å². The third kappa shape index (κ3) is 3.34. The van der Waals surface area contributed by atoms with Gasteiger partial charge in [-0.3, -0.25) is 4.79 Å². The Kier molecular flexibility index (Phi) is 5.05. The summed E-state index contributed by atoms with van der Waals surface area (Å²) in [7, 11) is 1.36. The van der Waals surface area contributed by atoms with Crippen LogP contribution in [0, 0.1) is 0 Å². The van der Waals surface area contributed by atoms with Gasteiger partial charge in [0.05, 0.1) is 24.1 Å². The molecular formula is C21H22ClNO3. The van der Waals surface area contributed by atoms with Gasteiger partial charge in [-0.25, -0.2) is 4.79 Å². The molecule has 2 aromatic carbocycles. The Morgan fingerprint density at radius 2 is 1.92 bits per heavy atom. The fraction of sp³-hybridized carbons (Fsp3) is 0.333. The van der Waals surface area contributed by atoms with Gasteiger partial charge in [0, 0.05) is 5.02 Å². The van der Waals surface area contributed by atoms with Crippen LogP contribution >= 0.6 is 11.6 Å². The molecule has 3 rings (SSSR count). The number of carbonyl (C=O) groups is 2. The molecule has 2 aromatic rings. The lowest BCUT2D eigenvalue weighted by Gasteiger charge is -2.27. The van der Waals surface area contributed by atoms with E-state index in [-0.39, 0.29) is 17.9 Å². The van der Waals surface area contributed by atoms with E-state index in [0.717, 1.165) is 29.5 Å². The zero-order chi connectivity index (χ0) is 18.9. The molecule has 0 bridgehead atoms. The van der Waals surface area contributed by atoms with E-state index >= 15 is 0 Å². The van der Waals surface area contributed by atoms with E-state index in [1.807, 2.05) is 44.2 Å². The van der Waals surface area contributed by atoms with E-state index in [4.69, 9.17) is 16.3 Å². The number of rotatable bonds is 4. The summed E-state index contributed by atoms with van der Waals surface area (Å²) in [5.74, 6) is -0.465. The first-order valence-electron chi connectivity index (χ1n) is 8.61. The van der Waals surface area contributed by atoms with Gasteiger partial charge in [0.1, 0.15) is 0 Å². The van der Waals surface area contributed by atoms with Crippen molar-refractivity contribution in [2.24, 2.45) is 0 Å². The lowest BCUT2D eigenvalue weighted by molar-refractivity contribution is -0.126. The minimum Gasteiger partial charge on any atom is -0.465 e. The first-order valence-corrected chi connectivity index (χ1v) is 8.99. The molecule has 0 radical (unpaired) electrons. The van der Waals surface area contributed by atoms with Crippen LogP contribution < -0.4 is 5.32 Å². The molecule has 1 aliphatic rings. The van der Waals surface area contributed by atoms with Gasteiger partial charge in [-0.15, -0.1) is 0 Å². The van der Waals surface area contributed by atoms with Crippen molar-refractivity contribution in [2.45, 2.75) is 38.1 Å². The predicted molar refractivity (Wildman–Crippen MR) is 101 cm³/mol. The summed E-state index contributed by atoms with van der Waals surface area (Å²) in [5.41, 5.74) is 2.66. The number of methoxy groups -OCH3 is 1. The molecule has 136 valence electrons. The molecule has 26 heavy (non-hydrogen) atoms. The van der Waals surface area contributed by atoms with Gasteiger partial charge in [-0.1, -0.05) is 35.9 Å². The van der Waals surface area contributed by atoms with Gasteiger partial charge in [0.25, 0.3) is 0 Å². The molecule has 1 unspecified atom stereocenters. The lowest BCUT2D eigenvalue weighted by Crippen LogP contribution is -2.41. The number of hydrogen-bond donors (Lipinski definition) is 1. The van der Waals surface area contributed by atoms with Gasteiger partial charge >= 0.3 is 5.97 Å². The quantitative estimate of drug-likeness (QED) is 0.819. The van der Waals surface area contributed by atoms with Crippen LogP contribution in [0.2, 0.25) is 5.02 Å².